The van der Waals surface area contributed by atoms with Crippen LogP contribution >= 0.6 is 11.8 Å². The smallest absolute Gasteiger partial charge is 0.338 e. The molecule has 3 rings (SSSR count). The molecule has 1 aliphatic rings. The van der Waals surface area contributed by atoms with Gasteiger partial charge in [0.2, 0.25) is 0 Å². The lowest BCUT2D eigenvalue weighted by atomic mass is 9.97. The molecule has 0 aromatic heterocycles. The largest absolute Gasteiger partial charge is 0.463 e. The first-order chi connectivity index (χ1) is 14.3. The van der Waals surface area contributed by atoms with Gasteiger partial charge in [-0.1, -0.05) is 59.8 Å². The van der Waals surface area contributed by atoms with Crippen LogP contribution in [-0.4, -0.2) is 36.7 Å². The number of aliphatic imine (C=N–C) groups is 1. The highest BCUT2D eigenvalue weighted by molar-refractivity contribution is 8.14. The minimum absolute atomic E-state index is 0.135. The molecule has 1 atom stereocenters. The second-order valence-corrected chi connectivity index (χ2v) is 9.29. The van der Waals surface area contributed by atoms with Gasteiger partial charge in [-0.2, -0.15) is 0 Å². The molecule has 0 N–H and O–H groups in total. The molecular formula is C22H24N2O4S2. The summed E-state index contributed by atoms with van der Waals surface area (Å²) in [6.45, 7) is 5.41. The van der Waals surface area contributed by atoms with Gasteiger partial charge in [0.15, 0.2) is 5.17 Å². The molecule has 8 heteroatoms. The lowest BCUT2D eigenvalue weighted by Crippen LogP contribution is -2.39. The monoisotopic (exact) mass is 444 g/mol. The molecule has 0 aliphatic carbocycles. The van der Waals surface area contributed by atoms with E-state index in [1.807, 2.05) is 37.3 Å². The second kappa shape index (κ2) is 9.06. The first kappa shape index (κ1) is 22.1. The van der Waals surface area contributed by atoms with Crippen LogP contribution in [0.2, 0.25) is 0 Å². The van der Waals surface area contributed by atoms with E-state index in [0.29, 0.717) is 10.9 Å². The van der Waals surface area contributed by atoms with Gasteiger partial charge >= 0.3 is 5.97 Å². The molecule has 1 unspecified atom stereocenters. The Hall–Kier alpha value is -2.58. The van der Waals surface area contributed by atoms with Gasteiger partial charge in [0.25, 0.3) is 10.0 Å². The highest BCUT2D eigenvalue weighted by Crippen LogP contribution is 2.39. The van der Waals surface area contributed by atoms with Crippen molar-refractivity contribution in [2.45, 2.75) is 31.7 Å². The Bertz CT molecular complexity index is 1090. The van der Waals surface area contributed by atoms with Crippen LogP contribution in [0.25, 0.3) is 0 Å². The summed E-state index contributed by atoms with van der Waals surface area (Å²) in [4.78, 5) is 17.7. The Labute approximate surface area is 181 Å². The summed E-state index contributed by atoms with van der Waals surface area (Å²) in [7, 11) is -3.96. The van der Waals surface area contributed by atoms with Crippen molar-refractivity contribution in [3.05, 3.63) is 77.0 Å². The van der Waals surface area contributed by atoms with E-state index >= 15 is 0 Å². The van der Waals surface area contributed by atoms with E-state index in [0.717, 1.165) is 15.4 Å². The summed E-state index contributed by atoms with van der Waals surface area (Å²) in [6, 6.07) is 15.3. The van der Waals surface area contributed by atoms with Crippen LogP contribution in [0.1, 0.15) is 31.0 Å². The van der Waals surface area contributed by atoms with Gasteiger partial charge in [-0.25, -0.2) is 22.5 Å². The average Bonchev–Trinajstić information content (AvgIpc) is 2.73. The first-order valence-electron chi connectivity index (χ1n) is 9.47. The SMILES string of the molecule is CCOC(=O)C1=C(C)N(S(=O)(=O)c2ccc(C)cc2)C(SC)=NC1c1ccccc1. The summed E-state index contributed by atoms with van der Waals surface area (Å²) in [5.74, 6) is -0.572. The van der Waals surface area contributed by atoms with Crippen molar-refractivity contribution < 1.29 is 17.9 Å². The summed E-state index contributed by atoms with van der Waals surface area (Å²) < 4.78 is 33.4. The van der Waals surface area contributed by atoms with Crippen molar-refractivity contribution in [1.82, 2.24) is 4.31 Å². The zero-order chi connectivity index (χ0) is 21.9. The number of carbonyl (C=O) groups is 1. The van der Waals surface area contributed by atoms with Crippen LogP contribution in [0.5, 0.6) is 0 Å². The summed E-state index contributed by atoms with van der Waals surface area (Å²) in [6.07, 6.45) is 1.77. The molecule has 1 heterocycles. The van der Waals surface area contributed by atoms with Gasteiger partial charge in [-0.3, -0.25) is 0 Å². The Kier molecular flexibility index (Phi) is 6.67. The fourth-order valence-electron chi connectivity index (χ4n) is 3.26. The fraction of sp³-hybridized carbons (Fsp3) is 0.273. The first-order valence-corrected chi connectivity index (χ1v) is 12.1. The molecule has 0 saturated carbocycles. The standard InChI is InChI=1S/C22H24N2O4S2/c1-5-28-21(25)19-16(3)24(30(26,27)18-13-11-15(2)12-14-18)22(29-4)23-20(19)17-9-7-6-8-10-17/h6-14,20H,5H2,1-4H3. The molecule has 158 valence electrons. The van der Waals surface area contributed by atoms with Gasteiger partial charge in [0.1, 0.15) is 6.04 Å². The molecule has 0 spiro atoms. The highest BCUT2D eigenvalue weighted by atomic mass is 32.2. The maximum atomic E-state index is 13.5. The number of rotatable bonds is 5. The minimum atomic E-state index is -3.96. The number of hydrogen-bond acceptors (Lipinski definition) is 6. The number of carbonyl (C=O) groups excluding carboxylic acids is 1. The normalized spacial score (nSPS) is 17.0. The summed E-state index contributed by atoms with van der Waals surface area (Å²) in [5, 5.41) is 0.301. The molecule has 30 heavy (non-hydrogen) atoms. The lowest BCUT2D eigenvalue weighted by molar-refractivity contribution is -0.139. The van der Waals surface area contributed by atoms with Crippen molar-refractivity contribution in [2.75, 3.05) is 12.9 Å². The molecule has 0 saturated heterocycles. The van der Waals surface area contributed by atoms with Crippen molar-refractivity contribution in [2.24, 2.45) is 4.99 Å². The Morgan fingerprint density at radius 1 is 1.10 bits per heavy atom. The number of sulfonamides is 1. The third kappa shape index (κ3) is 4.15. The third-order valence-corrected chi connectivity index (χ3v) is 7.30. The average molecular weight is 445 g/mol. The zero-order valence-electron chi connectivity index (χ0n) is 17.3. The van der Waals surface area contributed by atoms with Gasteiger partial charge in [0, 0.05) is 5.70 Å². The Morgan fingerprint density at radius 3 is 2.30 bits per heavy atom. The van der Waals surface area contributed by atoms with Crippen molar-refractivity contribution in [3.8, 4) is 0 Å². The number of nitrogens with zero attached hydrogens (tertiary/aromatic N) is 2. The second-order valence-electron chi connectivity index (χ2n) is 6.73. The molecule has 6 nitrogen and oxygen atoms in total. The van der Waals surface area contributed by atoms with E-state index < -0.39 is 22.0 Å². The van der Waals surface area contributed by atoms with Crippen molar-refractivity contribution in [1.29, 1.82) is 0 Å². The maximum absolute atomic E-state index is 13.5. The minimum Gasteiger partial charge on any atom is -0.463 e. The van der Waals surface area contributed by atoms with Crippen molar-refractivity contribution in [3.63, 3.8) is 0 Å². The maximum Gasteiger partial charge on any atom is 0.338 e. The van der Waals surface area contributed by atoms with E-state index in [9.17, 15) is 13.2 Å². The van der Waals surface area contributed by atoms with E-state index in [-0.39, 0.29) is 17.1 Å². The number of allylic oxidation sites excluding steroid dienone is 1. The van der Waals surface area contributed by atoms with Crippen LogP contribution in [-0.2, 0) is 19.6 Å². The number of amidine groups is 1. The molecule has 2 aromatic carbocycles. The van der Waals surface area contributed by atoms with Crippen LogP contribution in [0.3, 0.4) is 0 Å². The number of aryl methyl sites for hydroxylation is 1. The lowest BCUT2D eigenvalue weighted by Gasteiger charge is -2.33. The quantitative estimate of drug-likeness (QED) is 0.643. The Balaban J connectivity index is 2.20. The molecule has 1 aliphatic heterocycles. The van der Waals surface area contributed by atoms with Gasteiger partial charge < -0.3 is 4.74 Å². The van der Waals surface area contributed by atoms with E-state index in [4.69, 9.17) is 4.74 Å². The summed E-state index contributed by atoms with van der Waals surface area (Å²) in [5.41, 5.74) is 2.26. The fourth-order valence-corrected chi connectivity index (χ4v) is 5.69. The van der Waals surface area contributed by atoms with Crippen LogP contribution in [0.15, 0.2) is 75.8 Å². The number of thioether (sulfide) groups is 1. The molecule has 0 bridgehead atoms. The predicted octanol–water partition coefficient (Wildman–Crippen LogP) is 4.30. The van der Waals surface area contributed by atoms with Crippen LogP contribution in [0, 0.1) is 6.92 Å². The number of ether oxygens (including phenoxy) is 1. The van der Waals surface area contributed by atoms with Gasteiger partial charge in [-0.15, -0.1) is 0 Å². The van der Waals surface area contributed by atoms with Gasteiger partial charge in [0.05, 0.1) is 17.1 Å². The zero-order valence-corrected chi connectivity index (χ0v) is 19.0. The highest BCUT2D eigenvalue weighted by Gasteiger charge is 2.39. The molecule has 0 radical (unpaired) electrons. The molecule has 2 aromatic rings. The van der Waals surface area contributed by atoms with Crippen LogP contribution in [0.4, 0.5) is 0 Å². The topological polar surface area (TPSA) is 76.0 Å². The molecule has 0 amide bonds. The van der Waals surface area contributed by atoms with Crippen LogP contribution < -0.4 is 0 Å². The van der Waals surface area contributed by atoms with E-state index in [2.05, 4.69) is 4.99 Å². The summed E-state index contributed by atoms with van der Waals surface area (Å²) >= 11 is 1.22. The van der Waals surface area contributed by atoms with Gasteiger partial charge in [-0.05, 0) is 44.7 Å². The Morgan fingerprint density at radius 2 is 1.73 bits per heavy atom. The molecular weight excluding hydrogens is 420 g/mol. The number of esters is 1. The molecule has 0 fully saturated rings. The number of benzene rings is 2. The van der Waals surface area contributed by atoms with Crippen molar-refractivity contribution >= 4 is 32.9 Å². The number of hydrogen-bond donors (Lipinski definition) is 0. The predicted molar refractivity (Wildman–Crippen MR) is 120 cm³/mol. The van der Waals surface area contributed by atoms with E-state index in [1.165, 1.54) is 11.8 Å². The van der Waals surface area contributed by atoms with E-state index in [1.54, 1.807) is 44.4 Å². The third-order valence-electron chi connectivity index (χ3n) is 4.73.